The molecule has 6 heteroatoms. The minimum atomic E-state index is 0.515. The van der Waals surface area contributed by atoms with E-state index < -0.39 is 0 Å². The molecule has 0 aliphatic carbocycles. The standard InChI is InChI=1S/C17H18IN3OS/c1-2-19-17(23)21-20-11-13-5-9-16(10-6-13)22-12-14-3-7-15(18)8-4-14/h3-11H,2,12H2,1H3,(H2,19,21,23). The van der Waals surface area contributed by atoms with Crippen LogP contribution in [-0.2, 0) is 6.61 Å². The van der Waals surface area contributed by atoms with Gasteiger partial charge in [0.25, 0.3) is 0 Å². The van der Waals surface area contributed by atoms with Gasteiger partial charge in [0.1, 0.15) is 12.4 Å². The Morgan fingerprint density at radius 1 is 1.17 bits per heavy atom. The van der Waals surface area contributed by atoms with Gasteiger partial charge in [-0.3, -0.25) is 5.43 Å². The zero-order valence-corrected chi connectivity index (χ0v) is 15.7. The van der Waals surface area contributed by atoms with Gasteiger partial charge < -0.3 is 10.1 Å². The fourth-order valence-corrected chi connectivity index (χ4v) is 2.32. The third kappa shape index (κ3) is 6.54. The van der Waals surface area contributed by atoms with Gasteiger partial charge in [-0.2, -0.15) is 5.10 Å². The molecule has 2 aromatic rings. The zero-order valence-electron chi connectivity index (χ0n) is 12.8. The third-order valence-corrected chi connectivity index (χ3v) is 3.87. The van der Waals surface area contributed by atoms with Crippen molar-refractivity contribution in [3.8, 4) is 5.75 Å². The lowest BCUT2D eigenvalue weighted by Crippen LogP contribution is -2.31. The summed E-state index contributed by atoms with van der Waals surface area (Å²) in [5, 5.41) is 7.55. The molecule has 2 N–H and O–H groups in total. The van der Waals surface area contributed by atoms with Gasteiger partial charge in [-0.25, -0.2) is 0 Å². The maximum atomic E-state index is 5.77. The van der Waals surface area contributed by atoms with Gasteiger partial charge in [-0.1, -0.05) is 12.1 Å². The van der Waals surface area contributed by atoms with Crippen molar-refractivity contribution in [2.75, 3.05) is 6.54 Å². The molecule has 0 spiro atoms. The number of hydrazone groups is 1. The van der Waals surface area contributed by atoms with Crippen LogP contribution in [0.5, 0.6) is 5.75 Å². The molecular weight excluding hydrogens is 421 g/mol. The summed E-state index contributed by atoms with van der Waals surface area (Å²) in [7, 11) is 0. The van der Waals surface area contributed by atoms with Crippen molar-refractivity contribution in [3.05, 3.63) is 63.2 Å². The molecule has 0 heterocycles. The Hall–Kier alpha value is -1.67. The number of benzene rings is 2. The fraction of sp³-hybridized carbons (Fsp3) is 0.176. The van der Waals surface area contributed by atoms with Crippen LogP contribution in [0.2, 0.25) is 0 Å². The number of rotatable bonds is 6. The van der Waals surface area contributed by atoms with Crippen molar-refractivity contribution in [2.24, 2.45) is 5.10 Å². The highest BCUT2D eigenvalue weighted by Gasteiger charge is 1.97. The SMILES string of the molecule is CCNC(=S)NN=Cc1ccc(OCc2ccc(I)cc2)cc1. The Kier molecular flexibility index (Phi) is 7.28. The molecule has 0 saturated carbocycles. The Labute approximate surface area is 155 Å². The van der Waals surface area contributed by atoms with Gasteiger partial charge in [-0.05, 0) is 89.3 Å². The van der Waals surface area contributed by atoms with Gasteiger partial charge in [0.15, 0.2) is 5.11 Å². The Balaban J connectivity index is 1.83. The van der Waals surface area contributed by atoms with Crippen LogP contribution >= 0.6 is 34.8 Å². The normalized spacial score (nSPS) is 10.5. The lowest BCUT2D eigenvalue weighted by molar-refractivity contribution is 0.306. The van der Waals surface area contributed by atoms with Crippen LogP contribution < -0.4 is 15.5 Å². The molecule has 0 fully saturated rings. The first-order chi connectivity index (χ1) is 11.2. The summed E-state index contributed by atoms with van der Waals surface area (Å²) in [5.74, 6) is 0.830. The molecule has 0 aliphatic heterocycles. The third-order valence-electron chi connectivity index (χ3n) is 2.92. The molecule has 0 atom stereocenters. The first-order valence-electron chi connectivity index (χ1n) is 7.21. The van der Waals surface area contributed by atoms with Gasteiger partial charge in [-0.15, -0.1) is 0 Å². The minimum absolute atomic E-state index is 0.515. The van der Waals surface area contributed by atoms with E-state index in [9.17, 15) is 0 Å². The molecule has 2 aromatic carbocycles. The number of ether oxygens (including phenoxy) is 1. The second kappa shape index (κ2) is 9.46. The average molecular weight is 439 g/mol. The van der Waals surface area contributed by atoms with Crippen LogP contribution in [0.4, 0.5) is 0 Å². The summed E-state index contributed by atoms with van der Waals surface area (Å²) in [6, 6.07) is 16.0. The predicted octanol–water partition coefficient (Wildman–Crippen LogP) is 3.69. The number of hydrogen-bond acceptors (Lipinski definition) is 3. The summed E-state index contributed by atoms with van der Waals surface area (Å²) >= 11 is 7.31. The molecule has 23 heavy (non-hydrogen) atoms. The molecule has 4 nitrogen and oxygen atoms in total. The highest BCUT2D eigenvalue weighted by atomic mass is 127. The zero-order chi connectivity index (χ0) is 16.5. The lowest BCUT2D eigenvalue weighted by Gasteiger charge is -2.07. The second-order valence-corrected chi connectivity index (χ2v) is 6.37. The van der Waals surface area contributed by atoms with Crippen molar-refractivity contribution in [3.63, 3.8) is 0 Å². The molecule has 120 valence electrons. The van der Waals surface area contributed by atoms with E-state index in [0.29, 0.717) is 11.7 Å². The van der Waals surface area contributed by atoms with E-state index in [2.05, 4.69) is 62.7 Å². The number of nitrogens with zero attached hydrogens (tertiary/aromatic N) is 1. The maximum Gasteiger partial charge on any atom is 0.186 e. The topological polar surface area (TPSA) is 45.7 Å². The summed E-state index contributed by atoms with van der Waals surface area (Å²) in [6.07, 6.45) is 1.71. The van der Waals surface area contributed by atoms with Crippen molar-refractivity contribution in [1.29, 1.82) is 0 Å². The minimum Gasteiger partial charge on any atom is -0.489 e. The quantitative estimate of drug-likeness (QED) is 0.312. The molecule has 0 radical (unpaired) electrons. The van der Waals surface area contributed by atoms with E-state index in [0.717, 1.165) is 23.4 Å². The lowest BCUT2D eigenvalue weighted by atomic mass is 10.2. The smallest absolute Gasteiger partial charge is 0.186 e. The number of nitrogens with one attached hydrogen (secondary N) is 2. The summed E-state index contributed by atoms with van der Waals surface area (Å²) in [6.45, 7) is 3.31. The molecule has 0 bridgehead atoms. The molecule has 0 saturated heterocycles. The number of halogens is 1. The highest BCUT2D eigenvalue weighted by Crippen LogP contribution is 2.14. The van der Waals surface area contributed by atoms with Crippen LogP contribution in [-0.4, -0.2) is 17.9 Å². The van der Waals surface area contributed by atoms with Crippen molar-refractivity contribution in [1.82, 2.24) is 10.7 Å². The molecular formula is C17H18IN3OS. The molecule has 2 rings (SSSR count). The number of hydrogen-bond donors (Lipinski definition) is 2. The highest BCUT2D eigenvalue weighted by molar-refractivity contribution is 14.1. The molecule has 0 amide bonds. The van der Waals surface area contributed by atoms with E-state index in [4.69, 9.17) is 17.0 Å². The average Bonchev–Trinajstić information content (AvgIpc) is 2.56. The van der Waals surface area contributed by atoms with Crippen LogP contribution in [0.1, 0.15) is 18.1 Å². The van der Waals surface area contributed by atoms with E-state index >= 15 is 0 Å². The van der Waals surface area contributed by atoms with E-state index in [-0.39, 0.29) is 0 Å². The van der Waals surface area contributed by atoms with Crippen molar-refractivity contribution >= 4 is 46.1 Å². The molecule has 0 aromatic heterocycles. The first kappa shape index (κ1) is 17.7. The van der Waals surface area contributed by atoms with Crippen LogP contribution in [0.3, 0.4) is 0 Å². The van der Waals surface area contributed by atoms with Gasteiger partial charge in [0.2, 0.25) is 0 Å². The van der Waals surface area contributed by atoms with E-state index in [1.807, 2.05) is 31.2 Å². The predicted molar refractivity (Wildman–Crippen MR) is 107 cm³/mol. The second-order valence-electron chi connectivity index (χ2n) is 4.71. The fourth-order valence-electron chi connectivity index (χ4n) is 1.76. The Morgan fingerprint density at radius 2 is 1.87 bits per heavy atom. The summed E-state index contributed by atoms with van der Waals surface area (Å²) in [5.41, 5.74) is 4.88. The van der Waals surface area contributed by atoms with Crippen LogP contribution in [0.25, 0.3) is 0 Å². The molecule has 0 unspecified atom stereocenters. The van der Waals surface area contributed by atoms with Crippen LogP contribution in [0.15, 0.2) is 53.6 Å². The first-order valence-corrected chi connectivity index (χ1v) is 8.70. The van der Waals surface area contributed by atoms with Crippen LogP contribution in [0, 0.1) is 3.57 Å². The van der Waals surface area contributed by atoms with E-state index in [1.165, 1.54) is 3.57 Å². The largest absolute Gasteiger partial charge is 0.489 e. The Bertz CT molecular complexity index is 657. The maximum absolute atomic E-state index is 5.77. The summed E-state index contributed by atoms with van der Waals surface area (Å²) in [4.78, 5) is 0. The van der Waals surface area contributed by atoms with Crippen molar-refractivity contribution < 1.29 is 4.74 Å². The monoisotopic (exact) mass is 439 g/mol. The van der Waals surface area contributed by atoms with E-state index in [1.54, 1.807) is 6.21 Å². The molecule has 0 aliphatic rings. The number of thiocarbonyl (C=S) groups is 1. The van der Waals surface area contributed by atoms with Gasteiger partial charge in [0, 0.05) is 10.1 Å². The van der Waals surface area contributed by atoms with Gasteiger partial charge in [0.05, 0.1) is 6.21 Å². The van der Waals surface area contributed by atoms with Crippen molar-refractivity contribution in [2.45, 2.75) is 13.5 Å². The van der Waals surface area contributed by atoms with Gasteiger partial charge >= 0.3 is 0 Å². The summed E-state index contributed by atoms with van der Waals surface area (Å²) < 4.78 is 6.99. The Morgan fingerprint density at radius 3 is 2.52 bits per heavy atom.